The third-order valence-electron chi connectivity index (χ3n) is 12.6. The third kappa shape index (κ3) is 12.1. The van der Waals surface area contributed by atoms with E-state index in [-0.39, 0.29) is 11.1 Å². The van der Waals surface area contributed by atoms with E-state index in [1.165, 1.54) is 0 Å². The lowest BCUT2D eigenvalue weighted by atomic mass is 9.83. The predicted octanol–water partition coefficient (Wildman–Crippen LogP) is 15.8. The van der Waals surface area contributed by atoms with Gasteiger partial charge in [-0.25, -0.2) is 0 Å². The summed E-state index contributed by atoms with van der Waals surface area (Å²) in [6, 6.07) is 79.5. The van der Waals surface area contributed by atoms with E-state index in [1.54, 1.807) is 12.2 Å². The molecule has 78 heavy (non-hydrogen) atoms. The van der Waals surface area contributed by atoms with Crippen molar-refractivity contribution >= 4 is 46.3 Å². The van der Waals surface area contributed by atoms with Gasteiger partial charge in [-0.3, -0.25) is 0 Å². The van der Waals surface area contributed by atoms with Crippen molar-refractivity contribution in [2.24, 2.45) is 0 Å². The largest absolute Gasteiger partial charge is 0.456 e. The van der Waals surface area contributed by atoms with E-state index in [0.717, 1.165) is 89.1 Å². The van der Waals surface area contributed by atoms with Gasteiger partial charge in [-0.1, -0.05) is 194 Å². The lowest BCUT2D eigenvalue weighted by Crippen LogP contribution is -2.06. The Hall–Kier alpha value is -11.6. The summed E-state index contributed by atoms with van der Waals surface area (Å²) in [5, 5.41) is 37.0. The maximum atomic E-state index is 9.25. The molecule has 0 aromatic heterocycles. The summed E-state index contributed by atoms with van der Waals surface area (Å²) in [5.74, 6) is 16.0. The van der Waals surface area contributed by atoms with E-state index in [1.807, 2.05) is 170 Å². The summed E-state index contributed by atoms with van der Waals surface area (Å²) in [4.78, 5) is 0. The van der Waals surface area contributed by atoms with E-state index in [4.69, 9.17) is 9.47 Å². The highest BCUT2D eigenvalue weighted by molar-refractivity contribution is 6.12. The van der Waals surface area contributed by atoms with E-state index >= 15 is 0 Å². The molecule has 2 heterocycles. The predicted molar refractivity (Wildman–Crippen MR) is 310 cm³/mol. The van der Waals surface area contributed by atoms with Crippen LogP contribution in [-0.4, -0.2) is 0 Å². The minimum absolute atomic E-state index is 0.0318. The lowest BCUT2D eigenvalue weighted by Gasteiger charge is -2.26. The highest BCUT2D eigenvalue weighted by Gasteiger charge is 2.25. The molecule has 0 unspecified atom stereocenters. The van der Waals surface area contributed by atoms with Crippen molar-refractivity contribution < 1.29 is 9.47 Å². The van der Waals surface area contributed by atoms with Crippen molar-refractivity contribution in [3.63, 3.8) is 0 Å². The number of hydrogen-bond acceptors (Lipinski definition) is 6. The van der Waals surface area contributed by atoms with Crippen molar-refractivity contribution in [3.8, 4) is 48.0 Å². The average Bonchev–Trinajstić information content (AvgIpc) is 3.54. The zero-order chi connectivity index (χ0) is 53.5. The molecular formula is C72H42N4O2. The van der Waals surface area contributed by atoms with Gasteiger partial charge in [0.25, 0.3) is 0 Å². The van der Waals surface area contributed by atoms with Crippen molar-refractivity contribution in [1.82, 2.24) is 0 Å². The van der Waals surface area contributed by atoms with E-state index in [0.29, 0.717) is 23.0 Å². The van der Waals surface area contributed by atoms with Gasteiger partial charge in [-0.05, 0) is 130 Å². The van der Waals surface area contributed by atoms with Gasteiger partial charge in [0.1, 0.15) is 58.5 Å². The van der Waals surface area contributed by atoms with Gasteiger partial charge in [-0.2, -0.15) is 21.0 Å². The number of allylic oxidation sites excluding steroid dienone is 10. The molecule has 0 bridgehead atoms. The van der Waals surface area contributed by atoms with Crippen LogP contribution in [0.1, 0.15) is 66.8 Å². The zero-order valence-electron chi connectivity index (χ0n) is 41.9. The van der Waals surface area contributed by atoms with Crippen LogP contribution in [0.5, 0.6) is 0 Å². The van der Waals surface area contributed by atoms with Crippen LogP contribution in [0.25, 0.3) is 46.3 Å². The normalized spacial score (nSPS) is 12.1. The molecule has 362 valence electrons. The van der Waals surface area contributed by atoms with Gasteiger partial charge in [0.15, 0.2) is 0 Å². The summed E-state index contributed by atoms with van der Waals surface area (Å²) >= 11 is 0. The Kier molecular flexibility index (Phi) is 15.3. The van der Waals surface area contributed by atoms with Crippen LogP contribution >= 0.6 is 0 Å². The van der Waals surface area contributed by atoms with Crippen molar-refractivity contribution in [2.75, 3.05) is 0 Å². The van der Waals surface area contributed by atoms with Crippen LogP contribution < -0.4 is 0 Å². The first kappa shape index (κ1) is 49.9. The lowest BCUT2D eigenvalue weighted by molar-refractivity contribution is 0.466. The molecule has 0 radical (unpaired) electrons. The molecular weight excluding hydrogens is 953 g/mol. The summed E-state index contributed by atoms with van der Waals surface area (Å²) in [7, 11) is 0. The Morgan fingerprint density at radius 3 is 0.782 bits per heavy atom. The molecule has 2 aliphatic rings. The Balaban J connectivity index is 1.19. The number of hydrogen-bond donors (Lipinski definition) is 0. The fourth-order valence-electron chi connectivity index (χ4n) is 8.75. The molecule has 0 amide bonds. The molecule has 8 aromatic rings. The second-order valence-electron chi connectivity index (χ2n) is 17.8. The van der Waals surface area contributed by atoms with Crippen molar-refractivity contribution in [2.45, 2.75) is 0 Å². The molecule has 0 aliphatic carbocycles. The quantitative estimate of drug-likeness (QED) is 0.105. The average molecular weight is 995 g/mol. The second-order valence-corrected chi connectivity index (χ2v) is 17.8. The molecule has 0 fully saturated rings. The minimum atomic E-state index is 0.0318. The first-order chi connectivity index (χ1) is 38.4. The standard InChI is InChI=1S/C72H42N4O2/c73-47-57(48-74)41-55-29-25-51(26-30-55)21-23-53-33-37-63(38-34-53)71(65-43-67(59-13-5-1-6-14-59)77-68(44-65)60-15-7-2-8-16-60)72(66-45-69(61-17-9-3-10-18-61)78-70(46-66)62-19-11-4-12-20-62)64-39-35-54(36-40-64)24-22-52-27-31-56(32-28-52)42-58(49-75)50-76/h1-20,25-46H. The maximum absolute atomic E-state index is 9.25. The molecule has 6 nitrogen and oxygen atoms in total. The van der Waals surface area contributed by atoms with Gasteiger partial charge in [0.2, 0.25) is 0 Å². The molecule has 0 atom stereocenters. The van der Waals surface area contributed by atoms with Gasteiger partial charge >= 0.3 is 0 Å². The molecule has 0 spiro atoms. The summed E-state index contributed by atoms with van der Waals surface area (Å²) < 4.78 is 13.7. The monoisotopic (exact) mass is 994 g/mol. The Labute approximate surface area is 454 Å². The number of rotatable bonds is 9. The topological polar surface area (TPSA) is 114 Å². The molecule has 10 rings (SSSR count). The number of nitriles is 4. The molecule has 0 saturated carbocycles. The first-order valence-electron chi connectivity index (χ1n) is 24.9. The Morgan fingerprint density at radius 2 is 0.538 bits per heavy atom. The van der Waals surface area contributed by atoms with Crippen LogP contribution in [0.4, 0.5) is 0 Å². The van der Waals surface area contributed by atoms with Gasteiger partial charge in [-0.15, -0.1) is 0 Å². The van der Waals surface area contributed by atoms with Crippen molar-refractivity contribution in [1.29, 1.82) is 21.0 Å². The van der Waals surface area contributed by atoms with Gasteiger partial charge < -0.3 is 9.47 Å². The van der Waals surface area contributed by atoms with Crippen LogP contribution in [0.3, 0.4) is 0 Å². The van der Waals surface area contributed by atoms with E-state index in [2.05, 4.69) is 121 Å². The number of nitrogens with zero attached hydrogens (tertiary/aromatic N) is 4. The first-order valence-corrected chi connectivity index (χ1v) is 24.9. The van der Waals surface area contributed by atoms with Gasteiger partial charge in [0.05, 0.1) is 0 Å². The highest BCUT2D eigenvalue weighted by Crippen LogP contribution is 2.45. The zero-order valence-corrected chi connectivity index (χ0v) is 41.9. The van der Waals surface area contributed by atoms with Crippen LogP contribution in [0, 0.1) is 69.0 Å². The highest BCUT2D eigenvalue weighted by atomic mass is 16.5. The molecule has 8 aromatic carbocycles. The van der Waals surface area contributed by atoms with E-state index < -0.39 is 0 Å². The maximum Gasteiger partial charge on any atom is 0.135 e. The summed E-state index contributed by atoms with van der Waals surface area (Å²) in [5.41, 5.74) is 13.9. The molecule has 0 saturated heterocycles. The Bertz CT molecular complexity index is 3720. The molecule has 2 aliphatic heterocycles. The second kappa shape index (κ2) is 23.9. The fourth-order valence-corrected chi connectivity index (χ4v) is 8.75. The fraction of sp³-hybridized carbons (Fsp3) is 0. The smallest absolute Gasteiger partial charge is 0.135 e. The minimum Gasteiger partial charge on any atom is -0.456 e. The Morgan fingerprint density at radius 1 is 0.295 bits per heavy atom. The van der Waals surface area contributed by atoms with Crippen LogP contribution in [0.2, 0.25) is 0 Å². The van der Waals surface area contributed by atoms with E-state index in [9.17, 15) is 21.0 Å². The van der Waals surface area contributed by atoms with Crippen LogP contribution in [0.15, 0.2) is 265 Å². The molecule has 6 heteroatoms. The molecule has 0 N–H and O–H groups in total. The van der Waals surface area contributed by atoms with Crippen molar-refractivity contribution in [3.05, 3.63) is 332 Å². The third-order valence-corrected chi connectivity index (χ3v) is 12.6. The number of ether oxygens (including phenoxy) is 2. The SMILES string of the molecule is N#CC(C#N)=Cc1ccc(C#Cc2ccc(C(=C3C=C(c4ccccc4)OC(c4ccccc4)=C3)C(=C3C=C(c4ccccc4)OC(c4ccccc4)=C3)c3ccc(C#Cc4ccc(C=C(C#N)C#N)cc4)cc3)cc2)cc1. The number of benzene rings is 8. The van der Waals surface area contributed by atoms with Gasteiger partial charge in [0, 0.05) is 44.5 Å². The summed E-state index contributed by atoms with van der Waals surface area (Å²) in [6.45, 7) is 0. The summed E-state index contributed by atoms with van der Waals surface area (Å²) in [6.07, 6.45) is 11.6. The van der Waals surface area contributed by atoms with Crippen LogP contribution in [-0.2, 0) is 9.47 Å².